The predicted molar refractivity (Wildman–Crippen MR) is 52.4 cm³/mol. The van der Waals surface area contributed by atoms with Gasteiger partial charge in [-0.1, -0.05) is 35.5 Å². The van der Waals surface area contributed by atoms with Crippen LogP contribution in [0.2, 0.25) is 0 Å². The molecule has 4 heteroatoms. The molecule has 0 atom stereocenters. The van der Waals surface area contributed by atoms with Crippen molar-refractivity contribution in [1.29, 1.82) is 0 Å². The molecule has 1 aromatic heterocycles. The fourth-order valence-corrected chi connectivity index (χ4v) is 1.15. The van der Waals surface area contributed by atoms with Crippen molar-refractivity contribution in [2.75, 3.05) is 0 Å². The molecule has 3 nitrogen and oxygen atoms in total. The molecule has 0 N–H and O–H groups in total. The third kappa shape index (κ3) is 1.72. The van der Waals surface area contributed by atoms with Crippen LogP contribution in [0.3, 0.4) is 0 Å². The first-order valence-corrected chi connectivity index (χ1v) is 4.52. The van der Waals surface area contributed by atoms with Crippen molar-refractivity contribution >= 4 is 12.6 Å². The third-order valence-electron chi connectivity index (χ3n) is 1.64. The molecule has 66 valence electrons. The van der Waals surface area contributed by atoms with Crippen LogP contribution in [0.1, 0.15) is 5.89 Å². The van der Waals surface area contributed by atoms with Crippen LogP contribution in [0, 0.1) is 0 Å². The van der Waals surface area contributed by atoms with E-state index in [4.69, 9.17) is 4.52 Å². The first-order valence-electron chi connectivity index (χ1n) is 3.89. The number of rotatable bonds is 2. The highest BCUT2D eigenvalue weighted by atomic mass is 32.1. The summed E-state index contributed by atoms with van der Waals surface area (Å²) < 4.78 is 4.93. The van der Waals surface area contributed by atoms with Gasteiger partial charge < -0.3 is 4.52 Å². The highest BCUT2D eigenvalue weighted by Crippen LogP contribution is 2.14. The SMILES string of the molecule is SCc1nc(-c2ccccc2)no1. The van der Waals surface area contributed by atoms with Gasteiger partial charge in [0.25, 0.3) is 0 Å². The van der Waals surface area contributed by atoms with Crippen LogP contribution in [0.25, 0.3) is 11.4 Å². The molecule has 13 heavy (non-hydrogen) atoms. The maximum atomic E-state index is 4.93. The van der Waals surface area contributed by atoms with Gasteiger partial charge in [-0.3, -0.25) is 0 Å². The molecule has 1 heterocycles. The average molecular weight is 192 g/mol. The Labute approximate surface area is 81.2 Å². The van der Waals surface area contributed by atoms with E-state index in [1.165, 1.54) is 0 Å². The van der Waals surface area contributed by atoms with E-state index >= 15 is 0 Å². The summed E-state index contributed by atoms with van der Waals surface area (Å²) in [6, 6.07) is 9.70. The summed E-state index contributed by atoms with van der Waals surface area (Å²) in [5.74, 6) is 1.63. The number of hydrogen-bond donors (Lipinski definition) is 1. The summed E-state index contributed by atoms with van der Waals surface area (Å²) in [5.41, 5.74) is 0.958. The van der Waals surface area contributed by atoms with Crippen LogP contribution in [0.4, 0.5) is 0 Å². The Bertz CT molecular complexity index is 386. The van der Waals surface area contributed by atoms with Crippen molar-refractivity contribution in [1.82, 2.24) is 10.1 Å². The van der Waals surface area contributed by atoms with Gasteiger partial charge >= 0.3 is 0 Å². The minimum Gasteiger partial charge on any atom is -0.338 e. The van der Waals surface area contributed by atoms with Gasteiger partial charge in [0.15, 0.2) is 0 Å². The van der Waals surface area contributed by atoms with Crippen molar-refractivity contribution in [3.8, 4) is 11.4 Å². The number of hydrogen-bond acceptors (Lipinski definition) is 4. The zero-order valence-corrected chi connectivity index (χ0v) is 7.74. The lowest BCUT2D eigenvalue weighted by atomic mass is 10.2. The summed E-state index contributed by atoms with van der Waals surface area (Å²) in [5, 5.41) is 3.82. The number of aromatic nitrogens is 2. The Hall–Kier alpha value is -1.29. The maximum absolute atomic E-state index is 4.93. The quantitative estimate of drug-likeness (QED) is 0.741. The second-order valence-electron chi connectivity index (χ2n) is 2.54. The van der Waals surface area contributed by atoms with E-state index in [0.29, 0.717) is 17.5 Å². The molecular formula is C9H8N2OS. The third-order valence-corrected chi connectivity index (χ3v) is 1.91. The second kappa shape index (κ2) is 3.62. The van der Waals surface area contributed by atoms with Crippen LogP contribution in [-0.2, 0) is 5.75 Å². The van der Waals surface area contributed by atoms with Crippen LogP contribution in [0.15, 0.2) is 34.9 Å². The van der Waals surface area contributed by atoms with Gasteiger partial charge in [-0.15, -0.1) is 0 Å². The Morgan fingerprint density at radius 2 is 2.00 bits per heavy atom. The molecule has 0 aliphatic rings. The van der Waals surface area contributed by atoms with Crippen molar-refractivity contribution in [2.24, 2.45) is 0 Å². The fourth-order valence-electron chi connectivity index (χ4n) is 1.02. The fraction of sp³-hybridized carbons (Fsp3) is 0.111. The molecular weight excluding hydrogens is 184 g/mol. The van der Waals surface area contributed by atoms with Gasteiger partial charge in [-0.25, -0.2) is 0 Å². The summed E-state index contributed by atoms with van der Waals surface area (Å²) in [7, 11) is 0. The van der Waals surface area contributed by atoms with E-state index in [9.17, 15) is 0 Å². The Kier molecular flexibility index (Phi) is 2.31. The van der Waals surface area contributed by atoms with E-state index in [1.807, 2.05) is 30.3 Å². The Morgan fingerprint density at radius 1 is 1.23 bits per heavy atom. The Balaban J connectivity index is 2.36. The number of benzene rings is 1. The standard InChI is InChI=1S/C9H8N2OS/c13-6-8-10-9(11-12-8)7-4-2-1-3-5-7/h1-5,13H,6H2. The van der Waals surface area contributed by atoms with Crippen molar-refractivity contribution in [3.63, 3.8) is 0 Å². The van der Waals surface area contributed by atoms with Crippen molar-refractivity contribution in [3.05, 3.63) is 36.2 Å². The van der Waals surface area contributed by atoms with Gasteiger partial charge in [0.2, 0.25) is 11.7 Å². The minimum atomic E-state index is 0.472. The molecule has 0 saturated carbocycles. The molecule has 2 aromatic rings. The smallest absolute Gasteiger partial charge is 0.236 e. The molecule has 1 aromatic carbocycles. The monoisotopic (exact) mass is 192 g/mol. The topological polar surface area (TPSA) is 38.9 Å². The zero-order valence-electron chi connectivity index (χ0n) is 6.84. The summed E-state index contributed by atoms with van der Waals surface area (Å²) in [6.45, 7) is 0. The van der Waals surface area contributed by atoms with E-state index in [0.717, 1.165) is 5.56 Å². The summed E-state index contributed by atoms with van der Waals surface area (Å²) in [4.78, 5) is 4.14. The van der Waals surface area contributed by atoms with Crippen molar-refractivity contribution < 1.29 is 4.52 Å². The van der Waals surface area contributed by atoms with E-state index < -0.39 is 0 Å². The molecule has 0 fully saturated rings. The van der Waals surface area contributed by atoms with Crippen LogP contribution < -0.4 is 0 Å². The molecule has 0 amide bonds. The molecule has 0 saturated heterocycles. The number of thiol groups is 1. The van der Waals surface area contributed by atoms with Crippen molar-refractivity contribution in [2.45, 2.75) is 5.75 Å². The minimum absolute atomic E-state index is 0.472. The van der Waals surface area contributed by atoms with Gasteiger partial charge in [0, 0.05) is 5.56 Å². The normalized spacial score (nSPS) is 10.2. The van der Waals surface area contributed by atoms with Crippen LogP contribution in [0.5, 0.6) is 0 Å². The lowest BCUT2D eigenvalue weighted by Crippen LogP contribution is -1.80. The average Bonchev–Trinajstić information content (AvgIpc) is 2.67. The highest BCUT2D eigenvalue weighted by Gasteiger charge is 2.05. The molecule has 0 aliphatic heterocycles. The molecule has 0 spiro atoms. The first-order chi connectivity index (χ1) is 6.40. The maximum Gasteiger partial charge on any atom is 0.236 e. The summed E-state index contributed by atoms with van der Waals surface area (Å²) >= 11 is 4.04. The summed E-state index contributed by atoms with van der Waals surface area (Å²) in [6.07, 6.45) is 0. The van der Waals surface area contributed by atoms with Gasteiger partial charge in [-0.05, 0) is 0 Å². The highest BCUT2D eigenvalue weighted by molar-refractivity contribution is 7.79. The Morgan fingerprint density at radius 3 is 2.62 bits per heavy atom. The van der Waals surface area contributed by atoms with Gasteiger partial charge in [0.05, 0.1) is 5.75 Å². The van der Waals surface area contributed by atoms with E-state index in [2.05, 4.69) is 22.8 Å². The van der Waals surface area contributed by atoms with Gasteiger partial charge in [0.1, 0.15) is 0 Å². The lowest BCUT2D eigenvalue weighted by molar-refractivity contribution is 0.392. The van der Waals surface area contributed by atoms with E-state index in [1.54, 1.807) is 0 Å². The zero-order chi connectivity index (χ0) is 9.10. The van der Waals surface area contributed by atoms with Crippen LogP contribution in [-0.4, -0.2) is 10.1 Å². The van der Waals surface area contributed by atoms with E-state index in [-0.39, 0.29) is 0 Å². The second-order valence-corrected chi connectivity index (χ2v) is 2.85. The molecule has 2 rings (SSSR count). The van der Waals surface area contributed by atoms with Gasteiger partial charge in [-0.2, -0.15) is 17.6 Å². The largest absolute Gasteiger partial charge is 0.338 e. The lowest BCUT2D eigenvalue weighted by Gasteiger charge is -1.89. The molecule has 0 bridgehead atoms. The number of nitrogens with zero attached hydrogens (tertiary/aromatic N) is 2. The molecule has 0 radical (unpaired) electrons. The first kappa shape index (κ1) is 8.31. The predicted octanol–water partition coefficient (Wildman–Crippen LogP) is 2.17. The molecule has 0 unspecified atom stereocenters. The molecule has 0 aliphatic carbocycles. The van der Waals surface area contributed by atoms with Crippen LogP contribution >= 0.6 is 12.6 Å².